The van der Waals surface area contributed by atoms with Crippen molar-refractivity contribution in [3.05, 3.63) is 63.8 Å². The Hall–Kier alpha value is -2.11. The van der Waals surface area contributed by atoms with Crippen molar-refractivity contribution in [2.75, 3.05) is 11.9 Å². The van der Waals surface area contributed by atoms with Crippen molar-refractivity contribution in [1.29, 1.82) is 0 Å². The minimum Gasteiger partial charge on any atom is -0.330 e. The molecule has 2 amide bonds. The van der Waals surface area contributed by atoms with E-state index in [0.29, 0.717) is 34.6 Å². The molecule has 0 saturated heterocycles. The highest BCUT2D eigenvalue weighted by atomic mass is 35.5. The van der Waals surface area contributed by atoms with Gasteiger partial charge in [0.2, 0.25) is 5.91 Å². The minimum absolute atomic E-state index is 0.0550. The van der Waals surface area contributed by atoms with Crippen molar-refractivity contribution in [2.45, 2.75) is 19.9 Å². The number of nitrogens with one attached hydrogen (secondary N) is 1. The lowest BCUT2D eigenvalue weighted by molar-refractivity contribution is -0.117. The van der Waals surface area contributed by atoms with Crippen LogP contribution in [0.5, 0.6) is 0 Å². The standard InChI is InChI=1S/C20H21ClN2O2S/c1-3-10-23(12-16-8-9-18(21)26-16)20(25)14-4-6-15(7-5-14)22-19(24)17-11-13(17)2/h3-9,13,17H,1,10-12H2,2H3,(H,22,24). The third kappa shape index (κ3) is 4.54. The van der Waals surface area contributed by atoms with Crippen LogP contribution in [-0.4, -0.2) is 23.3 Å². The maximum atomic E-state index is 12.8. The van der Waals surface area contributed by atoms with Gasteiger partial charge < -0.3 is 10.2 Å². The van der Waals surface area contributed by atoms with Gasteiger partial charge in [-0.05, 0) is 48.7 Å². The van der Waals surface area contributed by atoms with E-state index < -0.39 is 0 Å². The number of nitrogens with zero attached hydrogens (tertiary/aromatic N) is 1. The monoisotopic (exact) mass is 388 g/mol. The van der Waals surface area contributed by atoms with Gasteiger partial charge in [-0.3, -0.25) is 9.59 Å². The maximum absolute atomic E-state index is 12.8. The highest BCUT2D eigenvalue weighted by molar-refractivity contribution is 7.16. The number of halogens is 1. The first-order chi connectivity index (χ1) is 12.5. The molecule has 1 aromatic heterocycles. The number of hydrogen-bond acceptors (Lipinski definition) is 3. The molecule has 0 aliphatic heterocycles. The summed E-state index contributed by atoms with van der Waals surface area (Å²) in [6.07, 6.45) is 2.66. The van der Waals surface area contributed by atoms with E-state index in [1.165, 1.54) is 11.3 Å². The van der Waals surface area contributed by atoms with E-state index in [1.807, 2.05) is 12.1 Å². The normalized spacial score (nSPS) is 18.2. The number of benzene rings is 1. The van der Waals surface area contributed by atoms with Gasteiger partial charge in [-0.2, -0.15) is 0 Å². The highest BCUT2D eigenvalue weighted by Crippen LogP contribution is 2.38. The van der Waals surface area contributed by atoms with Gasteiger partial charge in [0.25, 0.3) is 5.91 Å². The Bertz CT molecular complexity index is 815. The summed E-state index contributed by atoms with van der Waals surface area (Å²) < 4.78 is 0.705. The molecule has 2 unspecified atom stereocenters. The molecule has 1 aliphatic rings. The summed E-state index contributed by atoms with van der Waals surface area (Å²) in [5, 5.41) is 2.90. The maximum Gasteiger partial charge on any atom is 0.254 e. The molecule has 0 spiro atoms. The van der Waals surface area contributed by atoms with E-state index in [-0.39, 0.29) is 17.7 Å². The zero-order valence-corrected chi connectivity index (χ0v) is 16.1. The third-order valence-corrected chi connectivity index (χ3v) is 5.67. The van der Waals surface area contributed by atoms with Crippen LogP contribution in [0.1, 0.15) is 28.6 Å². The van der Waals surface area contributed by atoms with E-state index in [4.69, 9.17) is 11.6 Å². The van der Waals surface area contributed by atoms with Crippen molar-refractivity contribution in [3.8, 4) is 0 Å². The Morgan fingerprint density at radius 2 is 2.00 bits per heavy atom. The molecule has 136 valence electrons. The van der Waals surface area contributed by atoms with Crippen LogP contribution in [-0.2, 0) is 11.3 Å². The van der Waals surface area contributed by atoms with Crippen LogP contribution >= 0.6 is 22.9 Å². The minimum atomic E-state index is -0.0804. The number of carbonyl (C=O) groups excluding carboxylic acids is 2. The van der Waals surface area contributed by atoms with Gasteiger partial charge in [-0.25, -0.2) is 0 Å². The Kier molecular flexibility index (Phi) is 5.79. The number of carbonyl (C=O) groups is 2. The predicted octanol–water partition coefficient (Wildman–Crippen LogP) is 4.82. The topological polar surface area (TPSA) is 49.4 Å². The average Bonchev–Trinajstić information content (AvgIpc) is 3.22. The van der Waals surface area contributed by atoms with Crippen molar-refractivity contribution < 1.29 is 9.59 Å². The summed E-state index contributed by atoms with van der Waals surface area (Å²) in [6.45, 7) is 6.74. The molecule has 1 aliphatic carbocycles. The van der Waals surface area contributed by atoms with Gasteiger partial charge in [0.15, 0.2) is 0 Å². The molecule has 6 heteroatoms. The average molecular weight is 389 g/mol. The lowest BCUT2D eigenvalue weighted by atomic mass is 10.1. The number of amides is 2. The molecule has 26 heavy (non-hydrogen) atoms. The summed E-state index contributed by atoms with van der Waals surface area (Å²) in [7, 11) is 0. The van der Waals surface area contributed by atoms with E-state index >= 15 is 0 Å². The predicted molar refractivity (Wildman–Crippen MR) is 107 cm³/mol. The summed E-state index contributed by atoms with van der Waals surface area (Å²) in [5.74, 6) is 0.564. The fourth-order valence-corrected chi connectivity index (χ4v) is 3.90. The Balaban J connectivity index is 1.66. The first-order valence-electron chi connectivity index (χ1n) is 8.53. The quantitative estimate of drug-likeness (QED) is 0.691. The molecule has 4 nitrogen and oxygen atoms in total. The second-order valence-corrected chi connectivity index (χ2v) is 8.37. The Morgan fingerprint density at radius 1 is 1.31 bits per heavy atom. The molecule has 0 radical (unpaired) electrons. The van der Waals surface area contributed by atoms with E-state index in [2.05, 4.69) is 18.8 Å². The fourth-order valence-electron chi connectivity index (χ4n) is 2.80. The molecular formula is C20H21ClN2O2S. The third-order valence-electron chi connectivity index (χ3n) is 4.46. The zero-order chi connectivity index (χ0) is 18.7. The molecule has 1 N–H and O–H groups in total. The lowest BCUT2D eigenvalue weighted by Crippen LogP contribution is -2.30. The largest absolute Gasteiger partial charge is 0.330 e. The molecule has 2 aromatic rings. The van der Waals surface area contributed by atoms with Crippen LogP contribution in [0.25, 0.3) is 0 Å². The van der Waals surface area contributed by atoms with Crippen molar-refractivity contribution >= 4 is 40.4 Å². The zero-order valence-electron chi connectivity index (χ0n) is 14.6. The Morgan fingerprint density at radius 3 is 2.54 bits per heavy atom. The van der Waals surface area contributed by atoms with Gasteiger partial charge in [0.05, 0.1) is 10.9 Å². The smallest absolute Gasteiger partial charge is 0.254 e. The first-order valence-corrected chi connectivity index (χ1v) is 9.72. The van der Waals surface area contributed by atoms with Crippen LogP contribution in [0, 0.1) is 11.8 Å². The number of hydrogen-bond donors (Lipinski definition) is 1. The van der Waals surface area contributed by atoms with Crippen molar-refractivity contribution in [3.63, 3.8) is 0 Å². The van der Waals surface area contributed by atoms with Gasteiger partial charge in [-0.1, -0.05) is 24.6 Å². The molecular weight excluding hydrogens is 368 g/mol. The second kappa shape index (κ2) is 8.06. The van der Waals surface area contributed by atoms with Crippen molar-refractivity contribution in [2.24, 2.45) is 11.8 Å². The van der Waals surface area contributed by atoms with E-state index in [9.17, 15) is 9.59 Å². The highest BCUT2D eigenvalue weighted by Gasteiger charge is 2.39. The van der Waals surface area contributed by atoms with Gasteiger partial charge in [0.1, 0.15) is 0 Å². The van der Waals surface area contributed by atoms with Crippen LogP contribution in [0.4, 0.5) is 5.69 Å². The van der Waals surface area contributed by atoms with Crippen LogP contribution in [0.15, 0.2) is 49.1 Å². The molecule has 1 saturated carbocycles. The summed E-state index contributed by atoms with van der Waals surface area (Å²) in [6, 6.07) is 10.8. The van der Waals surface area contributed by atoms with Gasteiger partial charge in [-0.15, -0.1) is 17.9 Å². The van der Waals surface area contributed by atoms with Crippen LogP contribution < -0.4 is 5.32 Å². The fraction of sp³-hybridized carbons (Fsp3) is 0.300. The number of thiophene rings is 1. The van der Waals surface area contributed by atoms with E-state index in [0.717, 1.165) is 11.3 Å². The van der Waals surface area contributed by atoms with Gasteiger partial charge in [0, 0.05) is 28.6 Å². The van der Waals surface area contributed by atoms with Crippen molar-refractivity contribution in [1.82, 2.24) is 4.90 Å². The summed E-state index contributed by atoms with van der Waals surface area (Å²) in [5.41, 5.74) is 1.29. The molecule has 1 aromatic carbocycles. The molecule has 0 bridgehead atoms. The molecule has 3 rings (SSSR count). The van der Waals surface area contributed by atoms with Crippen LogP contribution in [0.3, 0.4) is 0 Å². The first kappa shape index (κ1) is 18.7. The lowest BCUT2D eigenvalue weighted by Gasteiger charge is -2.20. The van der Waals surface area contributed by atoms with Gasteiger partial charge >= 0.3 is 0 Å². The van der Waals surface area contributed by atoms with Crippen LogP contribution in [0.2, 0.25) is 4.34 Å². The molecule has 1 heterocycles. The van der Waals surface area contributed by atoms with E-state index in [1.54, 1.807) is 35.2 Å². The summed E-state index contributed by atoms with van der Waals surface area (Å²) in [4.78, 5) is 27.5. The molecule has 1 fully saturated rings. The molecule has 2 atom stereocenters. The SMILES string of the molecule is C=CCN(Cc1ccc(Cl)s1)C(=O)c1ccc(NC(=O)C2CC2C)cc1. The Labute approximate surface area is 162 Å². The number of anilines is 1. The second-order valence-electron chi connectivity index (χ2n) is 6.57. The number of rotatable bonds is 7. The summed E-state index contributed by atoms with van der Waals surface area (Å²) >= 11 is 7.43.